The summed E-state index contributed by atoms with van der Waals surface area (Å²) in [6, 6.07) is 7.37. The molecule has 2 rings (SSSR count). The summed E-state index contributed by atoms with van der Waals surface area (Å²) in [6.45, 7) is 3.88. The van der Waals surface area contributed by atoms with Crippen molar-refractivity contribution in [1.82, 2.24) is 5.32 Å². The number of anilines is 1. The molecule has 1 saturated carbocycles. The first-order valence-electron chi connectivity index (χ1n) is 6.82. The maximum atomic E-state index is 11.8. The van der Waals surface area contributed by atoms with E-state index in [9.17, 15) is 9.59 Å². The molecule has 1 atom stereocenters. The molecule has 2 N–H and O–H groups in total. The lowest BCUT2D eigenvalue weighted by Crippen LogP contribution is -2.25. The second-order valence-electron chi connectivity index (χ2n) is 5.12. The molecule has 1 fully saturated rings. The van der Waals surface area contributed by atoms with Crippen LogP contribution in [0.1, 0.15) is 43.5 Å². The molecule has 0 spiro atoms. The van der Waals surface area contributed by atoms with Gasteiger partial charge in [0.15, 0.2) is 0 Å². The molecule has 0 aliphatic heterocycles. The van der Waals surface area contributed by atoms with Gasteiger partial charge in [0.2, 0.25) is 5.91 Å². The molecule has 0 radical (unpaired) electrons. The molecule has 0 saturated heterocycles. The van der Waals surface area contributed by atoms with E-state index >= 15 is 0 Å². The van der Waals surface area contributed by atoms with E-state index < -0.39 is 0 Å². The maximum absolute atomic E-state index is 11.8. The Kier molecular flexibility index (Phi) is 4.20. The van der Waals surface area contributed by atoms with Gasteiger partial charge in [-0.3, -0.25) is 9.59 Å². The van der Waals surface area contributed by atoms with Crippen LogP contribution < -0.4 is 10.6 Å². The minimum absolute atomic E-state index is 0.00200. The molecule has 19 heavy (non-hydrogen) atoms. The number of amides is 2. The quantitative estimate of drug-likeness (QED) is 0.854. The first-order chi connectivity index (χ1) is 9.10. The van der Waals surface area contributed by atoms with E-state index in [1.807, 2.05) is 13.8 Å². The smallest absolute Gasteiger partial charge is 0.251 e. The Morgan fingerprint density at radius 3 is 2.42 bits per heavy atom. The predicted molar refractivity (Wildman–Crippen MR) is 75.0 cm³/mol. The van der Waals surface area contributed by atoms with Crippen LogP contribution in [0.15, 0.2) is 24.3 Å². The van der Waals surface area contributed by atoms with Crippen molar-refractivity contribution in [3.8, 4) is 0 Å². The standard InChI is InChI=1S/C15H20N2O2/c1-3-10(2)14(18)16-12-6-4-11(5-7-12)15(19)17-13-8-9-13/h4-7,10,13H,3,8-9H2,1-2H3,(H,16,18)(H,17,19)/t10-/m0/s1. The number of hydrogen-bond donors (Lipinski definition) is 2. The van der Waals surface area contributed by atoms with Gasteiger partial charge in [0.25, 0.3) is 5.91 Å². The zero-order valence-corrected chi connectivity index (χ0v) is 11.4. The number of carbonyl (C=O) groups excluding carboxylic acids is 2. The molecule has 1 aliphatic carbocycles. The summed E-state index contributed by atoms with van der Waals surface area (Å²) in [7, 11) is 0. The fourth-order valence-electron chi connectivity index (χ4n) is 1.65. The van der Waals surface area contributed by atoms with Gasteiger partial charge < -0.3 is 10.6 Å². The third-order valence-corrected chi connectivity index (χ3v) is 3.39. The van der Waals surface area contributed by atoms with E-state index in [0.717, 1.165) is 24.9 Å². The third kappa shape index (κ3) is 3.81. The van der Waals surface area contributed by atoms with Crippen LogP contribution in [0.3, 0.4) is 0 Å². The van der Waals surface area contributed by atoms with Gasteiger partial charge in [-0.15, -0.1) is 0 Å². The van der Waals surface area contributed by atoms with Crippen LogP contribution in [-0.2, 0) is 4.79 Å². The van der Waals surface area contributed by atoms with Gasteiger partial charge in [-0.1, -0.05) is 13.8 Å². The highest BCUT2D eigenvalue weighted by Crippen LogP contribution is 2.19. The molecule has 1 aromatic carbocycles. The Balaban J connectivity index is 1.93. The largest absolute Gasteiger partial charge is 0.349 e. The molecule has 1 aromatic rings. The van der Waals surface area contributed by atoms with Crippen LogP contribution in [0, 0.1) is 5.92 Å². The van der Waals surface area contributed by atoms with Crippen LogP contribution in [-0.4, -0.2) is 17.9 Å². The summed E-state index contributed by atoms with van der Waals surface area (Å²) >= 11 is 0. The Bertz CT molecular complexity index is 464. The van der Waals surface area contributed by atoms with Gasteiger partial charge >= 0.3 is 0 Å². The molecule has 0 unspecified atom stereocenters. The zero-order chi connectivity index (χ0) is 13.8. The first-order valence-corrected chi connectivity index (χ1v) is 6.82. The van der Waals surface area contributed by atoms with Crippen LogP contribution in [0.25, 0.3) is 0 Å². The molecule has 0 heterocycles. The minimum atomic E-state index is -0.0395. The maximum Gasteiger partial charge on any atom is 0.251 e. The first kappa shape index (κ1) is 13.6. The molecular formula is C15H20N2O2. The summed E-state index contributed by atoms with van der Waals surface area (Å²) in [6.07, 6.45) is 2.97. The molecule has 2 amide bonds. The third-order valence-electron chi connectivity index (χ3n) is 3.39. The SMILES string of the molecule is CC[C@H](C)C(=O)Nc1ccc(C(=O)NC2CC2)cc1. The number of rotatable bonds is 5. The number of carbonyl (C=O) groups is 2. The van der Waals surface area contributed by atoms with Crippen LogP contribution in [0.2, 0.25) is 0 Å². The Morgan fingerprint density at radius 1 is 1.26 bits per heavy atom. The summed E-state index contributed by atoms with van der Waals surface area (Å²) in [5.41, 5.74) is 1.36. The average Bonchev–Trinajstić information content (AvgIpc) is 3.22. The summed E-state index contributed by atoms with van der Waals surface area (Å²) in [5, 5.41) is 5.77. The van der Waals surface area contributed by atoms with Gasteiger partial charge in [0.05, 0.1) is 0 Å². The van der Waals surface area contributed by atoms with Gasteiger partial charge in [0, 0.05) is 23.2 Å². The Hall–Kier alpha value is -1.84. The summed E-state index contributed by atoms with van der Waals surface area (Å²) < 4.78 is 0. The van der Waals surface area contributed by atoms with Gasteiger partial charge in [-0.25, -0.2) is 0 Å². The van der Waals surface area contributed by atoms with Crippen molar-refractivity contribution in [2.45, 2.75) is 39.2 Å². The molecule has 4 nitrogen and oxygen atoms in total. The highest BCUT2D eigenvalue weighted by molar-refractivity contribution is 5.96. The molecule has 1 aliphatic rings. The van der Waals surface area contributed by atoms with Gasteiger partial charge in [-0.2, -0.15) is 0 Å². The highest BCUT2D eigenvalue weighted by atomic mass is 16.2. The molecule has 0 bridgehead atoms. The van der Waals surface area contributed by atoms with Crippen molar-refractivity contribution in [3.05, 3.63) is 29.8 Å². The minimum Gasteiger partial charge on any atom is -0.349 e. The second-order valence-corrected chi connectivity index (χ2v) is 5.12. The lowest BCUT2D eigenvalue weighted by Gasteiger charge is -2.10. The zero-order valence-electron chi connectivity index (χ0n) is 11.4. The van der Waals surface area contributed by atoms with Crippen molar-refractivity contribution in [2.75, 3.05) is 5.32 Å². The van der Waals surface area contributed by atoms with Crippen molar-refractivity contribution < 1.29 is 9.59 Å². The Labute approximate surface area is 113 Å². The molecule has 4 heteroatoms. The molecule has 0 aromatic heterocycles. The average molecular weight is 260 g/mol. The predicted octanol–water partition coefficient (Wildman–Crippen LogP) is 2.56. The van der Waals surface area contributed by atoms with Crippen LogP contribution in [0.4, 0.5) is 5.69 Å². The topological polar surface area (TPSA) is 58.2 Å². The van der Waals surface area contributed by atoms with Crippen molar-refractivity contribution in [2.24, 2.45) is 5.92 Å². The van der Waals surface area contributed by atoms with Gasteiger partial charge in [0.1, 0.15) is 0 Å². The van der Waals surface area contributed by atoms with Crippen molar-refractivity contribution in [1.29, 1.82) is 0 Å². The normalized spacial score (nSPS) is 15.7. The summed E-state index contributed by atoms with van der Waals surface area (Å²) in [5.74, 6) is -0.0298. The monoisotopic (exact) mass is 260 g/mol. The van der Waals surface area contributed by atoms with Crippen LogP contribution >= 0.6 is 0 Å². The van der Waals surface area contributed by atoms with E-state index in [1.54, 1.807) is 24.3 Å². The summed E-state index contributed by atoms with van der Waals surface area (Å²) in [4.78, 5) is 23.5. The van der Waals surface area contributed by atoms with Crippen LogP contribution in [0.5, 0.6) is 0 Å². The van der Waals surface area contributed by atoms with E-state index in [-0.39, 0.29) is 17.7 Å². The fourth-order valence-corrected chi connectivity index (χ4v) is 1.65. The Morgan fingerprint density at radius 2 is 1.89 bits per heavy atom. The number of benzene rings is 1. The van der Waals surface area contributed by atoms with Crippen molar-refractivity contribution in [3.63, 3.8) is 0 Å². The van der Waals surface area contributed by atoms with E-state index in [4.69, 9.17) is 0 Å². The van der Waals surface area contributed by atoms with E-state index in [2.05, 4.69) is 10.6 Å². The van der Waals surface area contributed by atoms with Gasteiger partial charge in [-0.05, 0) is 43.5 Å². The highest BCUT2D eigenvalue weighted by Gasteiger charge is 2.23. The molecule has 102 valence electrons. The lowest BCUT2D eigenvalue weighted by atomic mass is 10.1. The number of nitrogens with one attached hydrogen (secondary N) is 2. The number of hydrogen-bond acceptors (Lipinski definition) is 2. The molecular weight excluding hydrogens is 240 g/mol. The van der Waals surface area contributed by atoms with E-state index in [1.165, 1.54) is 0 Å². The van der Waals surface area contributed by atoms with E-state index in [0.29, 0.717) is 11.6 Å². The lowest BCUT2D eigenvalue weighted by molar-refractivity contribution is -0.119. The van der Waals surface area contributed by atoms with Crippen molar-refractivity contribution >= 4 is 17.5 Å². The fraction of sp³-hybridized carbons (Fsp3) is 0.467. The second kappa shape index (κ2) is 5.87.